The lowest BCUT2D eigenvalue weighted by Crippen LogP contribution is -2.64. The molecule has 5 nitrogen and oxygen atoms in total. The Morgan fingerprint density at radius 1 is 1.29 bits per heavy atom. The first-order valence-electron chi connectivity index (χ1n) is 8.74. The highest BCUT2D eigenvalue weighted by atomic mass is 16.2. The van der Waals surface area contributed by atoms with Crippen LogP contribution in [-0.4, -0.2) is 45.2 Å². The Balaban J connectivity index is 1.80. The van der Waals surface area contributed by atoms with Crippen LogP contribution in [0.15, 0.2) is 24.3 Å². The van der Waals surface area contributed by atoms with E-state index in [0.29, 0.717) is 6.42 Å². The van der Waals surface area contributed by atoms with Gasteiger partial charge in [-0.05, 0) is 31.9 Å². The van der Waals surface area contributed by atoms with Crippen molar-refractivity contribution >= 4 is 22.7 Å². The quantitative estimate of drug-likeness (QED) is 0.923. The molecule has 2 amide bonds. The highest BCUT2D eigenvalue weighted by molar-refractivity contribution is 5.97. The van der Waals surface area contributed by atoms with Crippen LogP contribution in [0.4, 0.5) is 0 Å². The summed E-state index contributed by atoms with van der Waals surface area (Å²) in [6.45, 7) is 6.29. The van der Waals surface area contributed by atoms with Crippen LogP contribution in [0.25, 0.3) is 10.9 Å². The first-order valence-corrected chi connectivity index (χ1v) is 8.74. The van der Waals surface area contributed by atoms with Gasteiger partial charge in [-0.2, -0.15) is 0 Å². The number of carbonyl (C=O) groups is 2. The molecule has 3 atom stereocenters. The van der Waals surface area contributed by atoms with Crippen LogP contribution in [0.2, 0.25) is 0 Å². The lowest BCUT2D eigenvalue weighted by atomic mass is 9.89. The Morgan fingerprint density at radius 2 is 2.04 bits per heavy atom. The second-order valence-corrected chi connectivity index (χ2v) is 6.98. The van der Waals surface area contributed by atoms with Gasteiger partial charge in [0.1, 0.15) is 12.6 Å². The average Bonchev–Trinajstić information content (AvgIpc) is 2.96. The summed E-state index contributed by atoms with van der Waals surface area (Å²) in [6.07, 6.45) is 1.46. The van der Waals surface area contributed by atoms with Gasteiger partial charge in [-0.25, -0.2) is 0 Å². The molecule has 0 saturated carbocycles. The van der Waals surface area contributed by atoms with Gasteiger partial charge in [-0.15, -0.1) is 0 Å². The summed E-state index contributed by atoms with van der Waals surface area (Å²) in [4.78, 5) is 32.8. The van der Waals surface area contributed by atoms with E-state index in [1.807, 2.05) is 26.0 Å². The van der Waals surface area contributed by atoms with Crippen LogP contribution < -0.4 is 0 Å². The lowest BCUT2D eigenvalue weighted by Gasteiger charge is -2.47. The van der Waals surface area contributed by atoms with E-state index in [4.69, 9.17) is 0 Å². The van der Waals surface area contributed by atoms with Gasteiger partial charge in [-0.3, -0.25) is 9.59 Å². The molecular weight excluding hydrogens is 302 g/mol. The number of benzene rings is 1. The minimum Gasteiger partial charge on any atom is -0.356 e. The van der Waals surface area contributed by atoms with Crippen LogP contribution >= 0.6 is 0 Å². The molecule has 1 N–H and O–H groups in total. The number of amides is 2. The Bertz CT molecular complexity index is 825. The van der Waals surface area contributed by atoms with E-state index in [2.05, 4.69) is 24.0 Å². The number of nitrogens with one attached hydrogen (secondary N) is 1. The molecule has 0 spiro atoms. The second-order valence-electron chi connectivity index (χ2n) is 6.98. The molecule has 1 aromatic carbocycles. The van der Waals surface area contributed by atoms with Crippen molar-refractivity contribution in [2.24, 2.45) is 0 Å². The Morgan fingerprint density at radius 3 is 2.79 bits per heavy atom. The summed E-state index contributed by atoms with van der Waals surface area (Å²) in [5, 5.41) is 1.17. The van der Waals surface area contributed by atoms with E-state index in [1.165, 1.54) is 10.9 Å². The maximum absolute atomic E-state index is 13.0. The van der Waals surface area contributed by atoms with E-state index in [1.54, 1.807) is 9.80 Å². The monoisotopic (exact) mass is 325 g/mol. The summed E-state index contributed by atoms with van der Waals surface area (Å²) in [6, 6.07) is 7.80. The molecule has 24 heavy (non-hydrogen) atoms. The van der Waals surface area contributed by atoms with Crippen molar-refractivity contribution in [3.05, 3.63) is 35.5 Å². The van der Waals surface area contributed by atoms with Crippen LogP contribution in [0.3, 0.4) is 0 Å². The molecule has 5 heteroatoms. The molecule has 2 aliphatic rings. The average molecular weight is 325 g/mol. The molecule has 3 heterocycles. The third-order valence-corrected chi connectivity index (χ3v) is 5.70. The van der Waals surface area contributed by atoms with E-state index in [0.717, 1.165) is 17.6 Å². The Labute approximate surface area is 141 Å². The van der Waals surface area contributed by atoms with E-state index >= 15 is 0 Å². The summed E-state index contributed by atoms with van der Waals surface area (Å²) >= 11 is 0. The number of hydrogen-bond donors (Lipinski definition) is 1. The second kappa shape index (κ2) is 5.36. The highest BCUT2D eigenvalue weighted by Crippen LogP contribution is 2.39. The standard InChI is InChI=1S/C19H23N3O2/c1-4-11(2)21-10-17(23)22-12(3)18-14(9-16(22)19(21)24)13-7-5-6-8-15(13)20-18/h5-8,11-12,16,20H,4,9-10H2,1-3H3/t11-,12+,16-/m0/s1. The zero-order valence-corrected chi connectivity index (χ0v) is 14.4. The summed E-state index contributed by atoms with van der Waals surface area (Å²) in [7, 11) is 0. The maximum Gasteiger partial charge on any atom is 0.246 e. The maximum atomic E-state index is 13.0. The van der Waals surface area contributed by atoms with Crippen molar-refractivity contribution in [2.45, 2.75) is 51.7 Å². The van der Waals surface area contributed by atoms with Gasteiger partial charge in [0.05, 0.1) is 6.04 Å². The number of aromatic nitrogens is 1. The number of carbonyl (C=O) groups excluding carboxylic acids is 2. The fourth-order valence-electron chi connectivity index (χ4n) is 4.18. The predicted octanol–water partition coefficient (Wildman–Crippen LogP) is 2.62. The van der Waals surface area contributed by atoms with Gasteiger partial charge in [0, 0.05) is 29.1 Å². The summed E-state index contributed by atoms with van der Waals surface area (Å²) in [5.41, 5.74) is 3.34. The molecule has 2 aromatic rings. The molecule has 1 saturated heterocycles. The minimum absolute atomic E-state index is 0.0525. The molecule has 0 bridgehead atoms. The SMILES string of the molecule is CC[C@H](C)N1CC(=O)N2[C@H](C)c3[nH]c4ccccc4c3C[C@H]2C1=O. The van der Waals surface area contributed by atoms with Gasteiger partial charge in [0.25, 0.3) is 0 Å². The molecular formula is C19H23N3O2. The summed E-state index contributed by atoms with van der Waals surface area (Å²) in [5.74, 6) is 0.142. The zero-order chi connectivity index (χ0) is 17.0. The van der Waals surface area contributed by atoms with Crippen molar-refractivity contribution < 1.29 is 9.59 Å². The van der Waals surface area contributed by atoms with Gasteiger partial charge in [0.15, 0.2) is 0 Å². The minimum atomic E-state index is -0.373. The third kappa shape index (κ3) is 2.00. The third-order valence-electron chi connectivity index (χ3n) is 5.70. The molecule has 0 radical (unpaired) electrons. The number of H-pyrrole nitrogens is 1. The van der Waals surface area contributed by atoms with E-state index in [-0.39, 0.29) is 36.5 Å². The molecule has 0 unspecified atom stereocenters. The topological polar surface area (TPSA) is 56.4 Å². The number of hydrogen-bond acceptors (Lipinski definition) is 2. The number of rotatable bonds is 2. The Kier molecular flexibility index (Phi) is 3.41. The lowest BCUT2D eigenvalue weighted by molar-refractivity contribution is -0.161. The van der Waals surface area contributed by atoms with Crippen molar-refractivity contribution in [1.82, 2.24) is 14.8 Å². The van der Waals surface area contributed by atoms with Gasteiger partial charge >= 0.3 is 0 Å². The van der Waals surface area contributed by atoms with Gasteiger partial charge < -0.3 is 14.8 Å². The van der Waals surface area contributed by atoms with Crippen molar-refractivity contribution in [3.8, 4) is 0 Å². The van der Waals surface area contributed by atoms with Crippen LogP contribution in [0.5, 0.6) is 0 Å². The molecule has 126 valence electrons. The first-order chi connectivity index (χ1) is 11.5. The molecule has 1 fully saturated rings. The van der Waals surface area contributed by atoms with Crippen molar-refractivity contribution in [2.75, 3.05) is 6.54 Å². The largest absolute Gasteiger partial charge is 0.356 e. The molecule has 4 rings (SSSR count). The number of piperazine rings is 1. The highest BCUT2D eigenvalue weighted by Gasteiger charge is 2.46. The first kappa shape index (κ1) is 15.2. The van der Waals surface area contributed by atoms with E-state index in [9.17, 15) is 9.59 Å². The van der Waals surface area contributed by atoms with Crippen LogP contribution in [-0.2, 0) is 16.0 Å². The van der Waals surface area contributed by atoms with Crippen molar-refractivity contribution in [1.29, 1.82) is 0 Å². The predicted molar refractivity (Wildman–Crippen MR) is 92.5 cm³/mol. The van der Waals surface area contributed by atoms with E-state index < -0.39 is 0 Å². The van der Waals surface area contributed by atoms with Gasteiger partial charge in [0.2, 0.25) is 11.8 Å². The fourth-order valence-corrected chi connectivity index (χ4v) is 4.18. The fraction of sp³-hybridized carbons (Fsp3) is 0.474. The normalized spacial score (nSPS) is 25.0. The number of para-hydroxylation sites is 1. The number of aromatic amines is 1. The van der Waals surface area contributed by atoms with Crippen LogP contribution in [0, 0.1) is 0 Å². The summed E-state index contributed by atoms with van der Waals surface area (Å²) < 4.78 is 0. The van der Waals surface area contributed by atoms with Crippen LogP contribution in [0.1, 0.15) is 44.5 Å². The number of fused-ring (bicyclic) bond motifs is 4. The zero-order valence-electron chi connectivity index (χ0n) is 14.4. The number of nitrogens with zero attached hydrogens (tertiary/aromatic N) is 2. The Hall–Kier alpha value is -2.30. The smallest absolute Gasteiger partial charge is 0.246 e. The molecule has 0 aliphatic carbocycles. The van der Waals surface area contributed by atoms with Gasteiger partial charge in [-0.1, -0.05) is 25.1 Å². The molecule has 2 aliphatic heterocycles. The van der Waals surface area contributed by atoms with Crippen molar-refractivity contribution in [3.63, 3.8) is 0 Å². The molecule has 1 aromatic heterocycles.